The number of hydrogen-bond acceptors (Lipinski definition) is 3. The number of likely N-dealkylation sites (tertiary alicyclic amines) is 1. The number of benzene rings is 2. The summed E-state index contributed by atoms with van der Waals surface area (Å²) in [7, 11) is 0. The lowest BCUT2D eigenvalue weighted by molar-refractivity contribution is -0.218. The minimum atomic E-state index is -4.63. The molecule has 1 unspecified atom stereocenters. The largest absolute Gasteiger partial charge is 0.404 e. The second-order valence-corrected chi connectivity index (χ2v) is 7.97. The zero-order chi connectivity index (χ0) is 22.1. The summed E-state index contributed by atoms with van der Waals surface area (Å²) in [6, 6.07) is 16.8. The van der Waals surface area contributed by atoms with Crippen LogP contribution in [0.4, 0.5) is 13.2 Å². The minimum absolute atomic E-state index is 0.0438. The van der Waals surface area contributed by atoms with Crippen LogP contribution in [0.5, 0.6) is 0 Å². The highest BCUT2D eigenvalue weighted by molar-refractivity contribution is 5.84. The Morgan fingerprint density at radius 1 is 1.13 bits per heavy atom. The van der Waals surface area contributed by atoms with Crippen molar-refractivity contribution in [1.29, 1.82) is 0 Å². The first-order valence-corrected chi connectivity index (χ1v) is 10.4. The average Bonchev–Trinajstić information content (AvgIpc) is 3.34. The molecular formula is C23H25F3N4O. The molecule has 2 aromatic carbocycles. The highest BCUT2D eigenvalue weighted by Gasteiger charge is 2.62. The van der Waals surface area contributed by atoms with Gasteiger partial charge in [-0.25, -0.2) is 4.98 Å². The number of nitrogens with zero attached hydrogens (tertiary/aromatic N) is 3. The van der Waals surface area contributed by atoms with Gasteiger partial charge in [0.15, 0.2) is 5.41 Å². The molecule has 1 atom stereocenters. The number of amides is 1. The summed E-state index contributed by atoms with van der Waals surface area (Å²) in [6.45, 7) is 2.77. The van der Waals surface area contributed by atoms with Crippen molar-refractivity contribution in [1.82, 2.24) is 19.8 Å². The Morgan fingerprint density at radius 2 is 1.84 bits per heavy atom. The Balaban J connectivity index is 1.51. The molecular weight excluding hydrogens is 405 g/mol. The second kappa shape index (κ2) is 8.34. The van der Waals surface area contributed by atoms with Crippen molar-refractivity contribution in [2.45, 2.75) is 39.2 Å². The third kappa shape index (κ3) is 4.04. The fourth-order valence-electron chi connectivity index (χ4n) is 4.35. The molecule has 0 saturated carbocycles. The standard InChI is InChI=1S/C23H25F3N4O/c1-2-30-19-11-7-6-10-18(19)28-20(30)14-27-21(31)22(23(24,25)26)12-13-29(16-22)15-17-8-4-3-5-9-17/h3-11H,2,12-16H2,1H3,(H,27,31). The van der Waals surface area contributed by atoms with Gasteiger partial charge < -0.3 is 9.88 Å². The quantitative estimate of drug-likeness (QED) is 0.640. The van der Waals surface area contributed by atoms with E-state index in [2.05, 4.69) is 10.3 Å². The smallest absolute Gasteiger partial charge is 0.348 e. The summed E-state index contributed by atoms with van der Waals surface area (Å²) in [6.07, 6.45) is -4.88. The zero-order valence-electron chi connectivity index (χ0n) is 17.3. The van der Waals surface area contributed by atoms with Gasteiger partial charge in [-0.1, -0.05) is 42.5 Å². The van der Waals surface area contributed by atoms with E-state index in [-0.39, 0.29) is 26.1 Å². The van der Waals surface area contributed by atoms with Gasteiger partial charge in [-0.3, -0.25) is 9.69 Å². The first-order valence-electron chi connectivity index (χ1n) is 10.4. The number of halogens is 3. The van der Waals surface area contributed by atoms with Crippen LogP contribution in [0.3, 0.4) is 0 Å². The Bertz CT molecular complexity index is 1060. The number of fused-ring (bicyclic) bond motifs is 1. The number of carbonyl (C=O) groups excluding carboxylic acids is 1. The lowest BCUT2D eigenvalue weighted by Crippen LogP contribution is -2.52. The number of para-hydroxylation sites is 2. The fraction of sp³-hybridized carbons (Fsp3) is 0.391. The van der Waals surface area contributed by atoms with E-state index in [9.17, 15) is 18.0 Å². The van der Waals surface area contributed by atoms with Crippen LogP contribution in [0.1, 0.15) is 24.7 Å². The number of nitrogens with one attached hydrogen (secondary N) is 1. The van der Waals surface area contributed by atoms with E-state index in [0.29, 0.717) is 18.9 Å². The van der Waals surface area contributed by atoms with Gasteiger partial charge in [-0.05, 0) is 37.6 Å². The summed E-state index contributed by atoms with van der Waals surface area (Å²) in [5, 5.41) is 2.54. The number of imidazole rings is 1. The molecule has 5 nitrogen and oxygen atoms in total. The third-order valence-electron chi connectivity index (χ3n) is 6.03. The van der Waals surface area contributed by atoms with Gasteiger partial charge in [-0.2, -0.15) is 13.2 Å². The Labute approximate surface area is 178 Å². The summed E-state index contributed by atoms with van der Waals surface area (Å²) < 4.78 is 44.2. The van der Waals surface area contributed by atoms with Gasteiger partial charge in [0.2, 0.25) is 5.91 Å². The van der Waals surface area contributed by atoms with Gasteiger partial charge in [0, 0.05) is 19.6 Å². The van der Waals surface area contributed by atoms with Gasteiger partial charge in [0.1, 0.15) is 5.82 Å². The normalized spacial score (nSPS) is 19.7. The molecule has 4 rings (SSSR count). The number of aryl methyl sites for hydroxylation is 1. The van der Waals surface area contributed by atoms with Crippen LogP contribution in [0, 0.1) is 5.41 Å². The maximum absolute atomic E-state index is 14.1. The molecule has 1 fully saturated rings. The molecule has 0 spiro atoms. The number of alkyl halides is 3. The lowest BCUT2D eigenvalue weighted by atomic mass is 9.85. The van der Waals surface area contributed by atoms with Gasteiger partial charge in [-0.15, -0.1) is 0 Å². The molecule has 1 aliphatic rings. The van der Waals surface area contributed by atoms with Crippen molar-refractivity contribution in [2.75, 3.05) is 13.1 Å². The zero-order valence-corrected chi connectivity index (χ0v) is 17.3. The van der Waals surface area contributed by atoms with Crippen molar-refractivity contribution in [2.24, 2.45) is 5.41 Å². The summed E-state index contributed by atoms with van der Waals surface area (Å²) in [4.78, 5) is 19.1. The topological polar surface area (TPSA) is 50.2 Å². The number of rotatable bonds is 6. The molecule has 1 amide bonds. The van der Waals surface area contributed by atoms with Gasteiger partial charge in [0.25, 0.3) is 0 Å². The number of hydrogen-bond donors (Lipinski definition) is 1. The van der Waals surface area contributed by atoms with Crippen LogP contribution in [0.25, 0.3) is 11.0 Å². The predicted octanol–water partition coefficient (Wildman–Crippen LogP) is 4.13. The minimum Gasteiger partial charge on any atom is -0.348 e. The van der Waals surface area contributed by atoms with Gasteiger partial charge >= 0.3 is 6.18 Å². The Hall–Kier alpha value is -2.87. The van der Waals surface area contributed by atoms with E-state index in [1.54, 1.807) is 4.90 Å². The maximum Gasteiger partial charge on any atom is 0.404 e. The van der Waals surface area contributed by atoms with Crippen LogP contribution in [0.15, 0.2) is 54.6 Å². The average molecular weight is 430 g/mol. The summed E-state index contributed by atoms with van der Waals surface area (Å²) in [5.74, 6) is -0.432. The molecule has 0 radical (unpaired) electrons. The van der Waals surface area contributed by atoms with E-state index in [4.69, 9.17) is 0 Å². The van der Waals surface area contributed by atoms with E-state index < -0.39 is 17.5 Å². The van der Waals surface area contributed by atoms with Crippen LogP contribution in [-0.2, 0) is 24.4 Å². The number of aromatic nitrogens is 2. The van der Waals surface area contributed by atoms with Crippen molar-refractivity contribution in [3.05, 3.63) is 66.0 Å². The van der Waals surface area contributed by atoms with Gasteiger partial charge in [0.05, 0.1) is 17.6 Å². The SMILES string of the molecule is CCn1c(CNC(=O)C2(C(F)(F)F)CCN(Cc3ccccc3)C2)nc2ccccc21. The highest BCUT2D eigenvalue weighted by atomic mass is 19.4. The lowest BCUT2D eigenvalue weighted by Gasteiger charge is -2.30. The van der Waals surface area contributed by atoms with Crippen LogP contribution in [-0.4, -0.2) is 39.6 Å². The molecule has 1 aromatic heterocycles. The molecule has 31 heavy (non-hydrogen) atoms. The predicted molar refractivity (Wildman–Crippen MR) is 112 cm³/mol. The fourth-order valence-corrected chi connectivity index (χ4v) is 4.35. The molecule has 3 aromatic rings. The molecule has 0 aliphatic carbocycles. The van der Waals surface area contributed by atoms with Crippen molar-refractivity contribution in [3.8, 4) is 0 Å². The van der Waals surface area contributed by atoms with E-state index in [1.807, 2.05) is 66.1 Å². The monoisotopic (exact) mass is 430 g/mol. The Kier molecular flexibility index (Phi) is 5.75. The van der Waals surface area contributed by atoms with Crippen LogP contribution in [0.2, 0.25) is 0 Å². The summed E-state index contributed by atoms with van der Waals surface area (Å²) in [5.41, 5.74) is 0.173. The summed E-state index contributed by atoms with van der Waals surface area (Å²) >= 11 is 0. The number of carbonyl (C=O) groups is 1. The van der Waals surface area contributed by atoms with E-state index >= 15 is 0 Å². The molecule has 1 aliphatic heterocycles. The van der Waals surface area contributed by atoms with Crippen LogP contribution >= 0.6 is 0 Å². The van der Waals surface area contributed by atoms with Crippen molar-refractivity contribution >= 4 is 16.9 Å². The highest BCUT2D eigenvalue weighted by Crippen LogP contribution is 2.46. The first-order chi connectivity index (χ1) is 14.8. The van der Waals surface area contributed by atoms with Crippen LogP contribution < -0.4 is 5.32 Å². The van der Waals surface area contributed by atoms with Crippen molar-refractivity contribution in [3.63, 3.8) is 0 Å². The molecule has 1 N–H and O–H groups in total. The molecule has 0 bridgehead atoms. The Morgan fingerprint density at radius 3 is 2.55 bits per heavy atom. The van der Waals surface area contributed by atoms with E-state index in [1.165, 1.54) is 0 Å². The molecule has 8 heteroatoms. The van der Waals surface area contributed by atoms with E-state index in [0.717, 1.165) is 16.6 Å². The first kappa shape index (κ1) is 21.4. The third-order valence-corrected chi connectivity index (χ3v) is 6.03. The maximum atomic E-state index is 14.1. The molecule has 2 heterocycles. The second-order valence-electron chi connectivity index (χ2n) is 7.97. The molecule has 1 saturated heterocycles. The molecule has 164 valence electrons. The van der Waals surface area contributed by atoms with Crippen molar-refractivity contribution < 1.29 is 18.0 Å².